The second kappa shape index (κ2) is 3.85. The molecule has 2 rings (SSSR count). The van der Waals surface area contributed by atoms with E-state index in [1.165, 1.54) is 0 Å². The largest absolute Gasteiger partial charge is 0.473 e. The lowest BCUT2D eigenvalue weighted by atomic mass is 9.99. The molecular weight excluding hydrogens is 190 g/mol. The van der Waals surface area contributed by atoms with Gasteiger partial charge in [-0.15, -0.1) is 0 Å². The van der Waals surface area contributed by atoms with Gasteiger partial charge in [0.05, 0.1) is 6.54 Å². The molecule has 0 fully saturated rings. The van der Waals surface area contributed by atoms with Crippen molar-refractivity contribution in [2.24, 2.45) is 4.99 Å². The SMILES string of the molecule is Cc1cccc(C)c1C(=O)C1=NCCO1. The molecule has 0 N–H and O–H groups in total. The molecular formula is C12H13NO2. The number of benzene rings is 1. The van der Waals surface area contributed by atoms with Crippen LogP contribution in [0.5, 0.6) is 0 Å². The summed E-state index contributed by atoms with van der Waals surface area (Å²) < 4.78 is 5.18. The van der Waals surface area contributed by atoms with Gasteiger partial charge in [-0.25, -0.2) is 4.99 Å². The minimum absolute atomic E-state index is 0.0944. The summed E-state index contributed by atoms with van der Waals surface area (Å²) in [5, 5.41) is 0. The third-order valence-electron chi connectivity index (χ3n) is 2.49. The predicted octanol–water partition coefficient (Wildman–Crippen LogP) is 1.91. The molecule has 1 aliphatic heterocycles. The lowest BCUT2D eigenvalue weighted by molar-refractivity contribution is 0.103. The van der Waals surface area contributed by atoms with Crippen LogP contribution in [0.3, 0.4) is 0 Å². The number of hydrogen-bond donors (Lipinski definition) is 0. The Hall–Kier alpha value is -1.64. The highest BCUT2D eigenvalue weighted by Crippen LogP contribution is 2.15. The van der Waals surface area contributed by atoms with Crippen molar-refractivity contribution >= 4 is 11.7 Å². The second-order valence-corrected chi connectivity index (χ2v) is 3.63. The molecule has 0 radical (unpaired) electrons. The van der Waals surface area contributed by atoms with Crippen LogP contribution in [0, 0.1) is 13.8 Å². The minimum atomic E-state index is -0.0944. The molecule has 1 aromatic rings. The van der Waals surface area contributed by atoms with Crippen LogP contribution in [0.25, 0.3) is 0 Å². The Bertz CT molecular complexity index is 415. The number of ether oxygens (including phenoxy) is 1. The van der Waals surface area contributed by atoms with E-state index in [9.17, 15) is 4.79 Å². The highest BCUT2D eigenvalue weighted by molar-refractivity contribution is 6.43. The second-order valence-electron chi connectivity index (χ2n) is 3.63. The van der Waals surface area contributed by atoms with E-state index < -0.39 is 0 Å². The van der Waals surface area contributed by atoms with Gasteiger partial charge in [-0.05, 0) is 25.0 Å². The molecule has 0 saturated heterocycles. The normalized spacial score (nSPS) is 14.7. The fraction of sp³-hybridized carbons (Fsp3) is 0.333. The lowest BCUT2D eigenvalue weighted by Gasteiger charge is -2.07. The summed E-state index contributed by atoms with van der Waals surface area (Å²) in [7, 11) is 0. The number of hydrogen-bond acceptors (Lipinski definition) is 3. The van der Waals surface area contributed by atoms with Gasteiger partial charge >= 0.3 is 0 Å². The molecule has 1 aliphatic rings. The molecule has 0 spiro atoms. The van der Waals surface area contributed by atoms with Gasteiger partial charge in [-0.1, -0.05) is 18.2 Å². The first kappa shape index (κ1) is 9.90. The molecule has 0 amide bonds. The van der Waals surface area contributed by atoms with Crippen molar-refractivity contribution in [1.29, 1.82) is 0 Å². The third-order valence-corrected chi connectivity index (χ3v) is 2.49. The zero-order chi connectivity index (χ0) is 10.8. The first-order valence-corrected chi connectivity index (χ1v) is 4.98. The zero-order valence-corrected chi connectivity index (χ0v) is 8.91. The summed E-state index contributed by atoms with van der Waals surface area (Å²) in [6, 6.07) is 5.80. The van der Waals surface area contributed by atoms with Crippen LogP contribution in [-0.4, -0.2) is 24.8 Å². The quantitative estimate of drug-likeness (QED) is 0.689. The molecule has 0 aliphatic carbocycles. The highest BCUT2D eigenvalue weighted by atomic mass is 16.5. The number of carbonyl (C=O) groups excluding carboxylic acids is 1. The standard InChI is InChI=1S/C12H13NO2/c1-8-4-3-5-9(2)10(8)11(14)12-13-6-7-15-12/h3-5H,6-7H2,1-2H3. The van der Waals surface area contributed by atoms with Crippen molar-refractivity contribution in [3.63, 3.8) is 0 Å². The average Bonchev–Trinajstić information content (AvgIpc) is 2.69. The van der Waals surface area contributed by atoms with E-state index in [-0.39, 0.29) is 11.7 Å². The summed E-state index contributed by atoms with van der Waals surface area (Å²) in [6.07, 6.45) is 0. The molecule has 78 valence electrons. The van der Waals surface area contributed by atoms with E-state index in [1.807, 2.05) is 32.0 Å². The van der Waals surface area contributed by atoms with Gasteiger partial charge in [0.15, 0.2) is 0 Å². The molecule has 0 saturated carbocycles. The molecule has 15 heavy (non-hydrogen) atoms. The molecule has 0 bridgehead atoms. The minimum Gasteiger partial charge on any atom is -0.473 e. The predicted molar refractivity (Wildman–Crippen MR) is 58.5 cm³/mol. The van der Waals surface area contributed by atoms with E-state index in [0.717, 1.165) is 16.7 Å². The van der Waals surface area contributed by atoms with E-state index >= 15 is 0 Å². The maximum absolute atomic E-state index is 12.0. The van der Waals surface area contributed by atoms with Gasteiger partial charge in [-0.3, -0.25) is 4.79 Å². The van der Waals surface area contributed by atoms with Crippen molar-refractivity contribution in [2.45, 2.75) is 13.8 Å². The molecule has 0 atom stereocenters. The maximum atomic E-state index is 12.0. The lowest BCUT2D eigenvalue weighted by Crippen LogP contribution is -2.17. The van der Waals surface area contributed by atoms with Crippen molar-refractivity contribution in [3.05, 3.63) is 34.9 Å². The summed E-state index contributed by atoms with van der Waals surface area (Å²) >= 11 is 0. The topological polar surface area (TPSA) is 38.7 Å². The van der Waals surface area contributed by atoms with Crippen LogP contribution in [0.4, 0.5) is 0 Å². The summed E-state index contributed by atoms with van der Waals surface area (Å²) in [4.78, 5) is 16.1. The number of aliphatic imine (C=N–C) groups is 1. The molecule has 1 aromatic carbocycles. The number of ketones is 1. The molecule has 0 aromatic heterocycles. The van der Waals surface area contributed by atoms with Gasteiger partial charge < -0.3 is 4.74 Å². The molecule has 0 unspecified atom stereocenters. The molecule has 1 heterocycles. The van der Waals surface area contributed by atoms with Crippen LogP contribution >= 0.6 is 0 Å². The van der Waals surface area contributed by atoms with Crippen LogP contribution < -0.4 is 0 Å². The number of aryl methyl sites for hydroxylation is 2. The smallest absolute Gasteiger partial charge is 0.258 e. The monoisotopic (exact) mass is 203 g/mol. The Morgan fingerprint density at radius 1 is 1.33 bits per heavy atom. The first-order valence-electron chi connectivity index (χ1n) is 4.98. The number of nitrogens with zero attached hydrogens (tertiary/aromatic N) is 1. The molecule has 3 nitrogen and oxygen atoms in total. The Labute approximate surface area is 88.8 Å². The van der Waals surface area contributed by atoms with Crippen LogP contribution in [0.1, 0.15) is 21.5 Å². The van der Waals surface area contributed by atoms with Gasteiger partial charge in [0.25, 0.3) is 5.90 Å². The Morgan fingerprint density at radius 3 is 2.53 bits per heavy atom. The fourth-order valence-corrected chi connectivity index (χ4v) is 1.75. The van der Waals surface area contributed by atoms with Gasteiger partial charge in [0.2, 0.25) is 5.78 Å². The van der Waals surface area contributed by atoms with Crippen LogP contribution in [-0.2, 0) is 4.74 Å². The van der Waals surface area contributed by atoms with Gasteiger partial charge in [0, 0.05) is 5.56 Å². The number of rotatable bonds is 2. The number of Topliss-reactive ketones (excluding diaryl/α,β-unsaturated/α-hetero) is 1. The third kappa shape index (κ3) is 1.77. The van der Waals surface area contributed by atoms with Gasteiger partial charge in [0.1, 0.15) is 6.61 Å². The zero-order valence-electron chi connectivity index (χ0n) is 8.91. The maximum Gasteiger partial charge on any atom is 0.258 e. The fourth-order valence-electron chi connectivity index (χ4n) is 1.75. The average molecular weight is 203 g/mol. The molecule has 3 heteroatoms. The highest BCUT2D eigenvalue weighted by Gasteiger charge is 2.21. The van der Waals surface area contributed by atoms with Crippen molar-refractivity contribution in [1.82, 2.24) is 0 Å². The van der Waals surface area contributed by atoms with Crippen molar-refractivity contribution in [2.75, 3.05) is 13.2 Å². The Balaban J connectivity index is 2.41. The van der Waals surface area contributed by atoms with Crippen molar-refractivity contribution in [3.8, 4) is 0 Å². The summed E-state index contributed by atoms with van der Waals surface area (Å²) in [6.45, 7) is 4.96. The Morgan fingerprint density at radius 2 is 2.00 bits per heavy atom. The summed E-state index contributed by atoms with van der Waals surface area (Å²) in [5.41, 5.74) is 2.66. The van der Waals surface area contributed by atoms with Crippen molar-refractivity contribution < 1.29 is 9.53 Å². The van der Waals surface area contributed by atoms with E-state index in [1.54, 1.807) is 0 Å². The van der Waals surface area contributed by atoms with E-state index in [4.69, 9.17) is 4.74 Å². The Kier molecular flexibility index (Phi) is 2.54. The first-order chi connectivity index (χ1) is 7.20. The van der Waals surface area contributed by atoms with Crippen LogP contribution in [0.2, 0.25) is 0 Å². The number of carbonyl (C=O) groups is 1. The van der Waals surface area contributed by atoms with Crippen LogP contribution in [0.15, 0.2) is 23.2 Å². The summed E-state index contributed by atoms with van der Waals surface area (Å²) in [5.74, 6) is 0.163. The van der Waals surface area contributed by atoms with Gasteiger partial charge in [-0.2, -0.15) is 0 Å². The van der Waals surface area contributed by atoms with E-state index in [0.29, 0.717) is 13.2 Å². The van der Waals surface area contributed by atoms with E-state index in [2.05, 4.69) is 4.99 Å².